The first-order valence-corrected chi connectivity index (χ1v) is 4.90. The summed E-state index contributed by atoms with van der Waals surface area (Å²) in [6.45, 7) is -0.806. The lowest BCUT2D eigenvalue weighted by molar-refractivity contribution is -0.106. The van der Waals surface area contributed by atoms with Crippen molar-refractivity contribution in [2.45, 2.75) is 24.4 Å². The summed E-state index contributed by atoms with van der Waals surface area (Å²) in [5.41, 5.74) is 0. The third-order valence-electron chi connectivity index (χ3n) is 2.29. The smallest absolute Gasteiger partial charge is 0.229 e. The molecular weight excluding hydrogens is 232 g/mol. The Morgan fingerprint density at radius 2 is 1.88 bits per heavy atom. The van der Waals surface area contributed by atoms with Crippen LogP contribution in [0.25, 0.3) is 0 Å². The third kappa shape index (κ3) is 3.11. The first kappa shape index (κ1) is 13.8. The summed E-state index contributed by atoms with van der Waals surface area (Å²) in [4.78, 5) is 11.5. The van der Waals surface area contributed by atoms with E-state index in [1.165, 1.54) is 18.4 Å². The largest absolute Gasteiger partial charge is 0.461 e. The highest BCUT2D eigenvalue weighted by Crippen LogP contribution is 2.11. The second-order valence-electron chi connectivity index (χ2n) is 3.52. The Balaban J connectivity index is 2.69. The average molecular weight is 246 g/mol. The van der Waals surface area contributed by atoms with Gasteiger partial charge in [0.25, 0.3) is 0 Å². The van der Waals surface area contributed by atoms with Crippen molar-refractivity contribution >= 4 is 5.78 Å². The highest BCUT2D eigenvalue weighted by molar-refractivity contribution is 5.97. The Hall–Kier alpha value is -1.25. The van der Waals surface area contributed by atoms with Crippen LogP contribution in [0, 0.1) is 0 Å². The summed E-state index contributed by atoms with van der Waals surface area (Å²) in [5, 5.41) is 45.8. The quantitative estimate of drug-likeness (QED) is 0.363. The molecule has 0 aromatic carbocycles. The number of aliphatic hydroxyl groups excluding tert-OH is 5. The summed E-state index contributed by atoms with van der Waals surface area (Å²) in [6, 6.07) is 2.71. The fraction of sp³-hybridized carbons (Fsp3) is 0.500. The molecule has 0 radical (unpaired) electrons. The molecule has 0 fully saturated rings. The normalized spacial score (nSPS) is 18.4. The molecule has 0 aliphatic heterocycles. The van der Waals surface area contributed by atoms with Gasteiger partial charge in [0.2, 0.25) is 5.78 Å². The zero-order valence-corrected chi connectivity index (χ0v) is 8.80. The lowest BCUT2D eigenvalue weighted by Gasteiger charge is -2.24. The van der Waals surface area contributed by atoms with Gasteiger partial charge >= 0.3 is 0 Å². The highest BCUT2D eigenvalue weighted by Gasteiger charge is 2.35. The molecule has 5 N–H and O–H groups in total. The Labute approximate surface area is 96.5 Å². The second-order valence-corrected chi connectivity index (χ2v) is 3.52. The Morgan fingerprint density at radius 3 is 2.35 bits per heavy atom. The van der Waals surface area contributed by atoms with E-state index >= 15 is 0 Å². The van der Waals surface area contributed by atoms with Crippen molar-refractivity contribution in [1.29, 1.82) is 0 Å². The highest BCUT2D eigenvalue weighted by atomic mass is 16.4. The van der Waals surface area contributed by atoms with Gasteiger partial charge in [0.05, 0.1) is 12.9 Å². The second kappa shape index (κ2) is 5.89. The maximum absolute atomic E-state index is 11.5. The minimum atomic E-state index is -1.95. The van der Waals surface area contributed by atoms with Crippen molar-refractivity contribution in [2.75, 3.05) is 6.61 Å². The lowest BCUT2D eigenvalue weighted by Crippen LogP contribution is -2.48. The molecule has 17 heavy (non-hydrogen) atoms. The maximum Gasteiger partial charge on any atom is 0.229 e. The van der Waals surface area contributed by atoms with Crippen LogP contribution in [0.15, 0.2) is 22.8 Å². The first-order chi connectivity index (χ1) is 7.99. The van der Waals surface area contributed by atoms with Crippen molar-refractivity contribution in [1.82, 2.24) is 0 Å². The molecular formula is C10H14O7. The van der Waals surface area contributed by atoms with Crippen LogP contribution in [0.1, 0.15) is 10.6 Å². The molecule has 0 spiro atoms. The fourth-order valence-corrected chi connectivity index (χ4v) is 1.24. The maximum atomic E-state index is 11.5. The predicted molar refractivity (Wildman–Crippen MR) is 54.2 cm³/mol. The number of aliphatic hydroxyl groups is 5. The molecule has 0 aliphatic carbocycles. The third-order valence-corrected chi connectivity index (χ3v) is 2.29. The van der Waals surface area contributed by atoms with Crippen LogP contribution < -0.4 is 0 Å². The molecule has 1 aromatic heterocycles. The summed E-state index contributed by atoms with van der Waals surface area (Å²) in [7, 11) is 0. The number of hydrogen-bond acceptors (Lipinski definition) is 7. The Kier molecular flexibility index (Phi) is 4.79. The van der Waals surface area contributed by atoms with E-state index in [1.54, 1.807) is 0 Å². The van der Waals surface area contributed by atoms with Crippen molar-refractivity contribution < 1.29 is 34.7 Å². The van der Waals surface area contributed by atoms with Gasteiger partial charge < -0.3 is 29.9 Å². The topological polar surface area (TPSA) is 131 Å². The summed E-state index contributed by atoms with van der Waals surface area (Å²) in [5.74, 6) is -1.10. The molecule has 0 bridgehead atoms. The minimum Gasteiger partial charge on any atom is -0.461 e. The van der Waals surface area contributed by atoms with Crippen molar-refractivity contribution in [3.63, 3.8) is 0 Å². The molecule has 7 heteroatoms. The van der Waals surface area contributed by atoms with E-state index in [1.807, 2.05) is 0 Å². The molecule has 0 saturated heterocycles. The lowest BCUT2D eigenvalue weighted by atomic mass is 9.99. The van der Waals surface area contributed by atoms with E-state index < -0.39 is 36.8 Å². The zero-order valence-electron chi connectivity index (χ0n) is 8.80. The molecule has 1 aromatic rings. The molecule has 0 saturated carbocycles. The fourth-order valence-electron chi connectivity index (χ4n) is 1.24. The van der Waals surface area contributed by atoms with Gasteiger partial charge in [-0.3, -0.25) is 4.79 Å². The number of furan rings is 1. The van der Waals surface area contributed by atoms with Gasteiger partial charge in [0, 0.05) is 0 Å². The summed E-state index contributed by atoms with van der Waals surface area (Å²) < 4.78 is 4.72. The van der Waals surface area contributed by atoms with Crippen LogP contribution in [0.2, 0.25) is 0 Å². The molecule has 1 heterocycles. The van der Waals surface area contributed by atoms with Gasteiger partial charge in [0.15, 0.2) is 5.76 Å². The molecule has 0 amide bonds. The van der Waals surface area contributed by atoms with Crippen LogP contribution in [0.4, 0.5) is 0 Å². The van der Waals surface area contributed by atoms with E-state index in [4.69, 9.17) is 14.6 Å². The first-order valence-electron chi connectivity index (χ1n) is 4.90. The number of ketones is 1. The predicted octanol–water partition coefficient (Wildman–Crippen LogP) is -2.10. The number of hydrogen-bond donors (Lipinski definition) is 5. The standard InChI is InChI=1S/C10H14O7/c11-4-5(12)7(13)9(15)10(16)8(14)6-2-1-3-17-6/h1-3,5,7,9-13,15-16H,4H2/t5-,7-,9+,10+/m1/s1. The monoisotopic (exact) mass is 246 g/mol. The Morgan fingerprint density at radius 1 is 1.24 bits per heavy atom. The number of carbonyl (C=O) groups is 1. The minimum absolute atomic E-state index is 0.178. The molecule has 1 rings (SSSR count). The molecule has 4 atom stereocenters. The average Bonchev–Trinajstić information content (AvgIpc) is 2.87. The van der Waals surface area contributed by atoms with Gasteiger partial charge in [-0.25, -0.2) is 0 Å². The van der Waals surface area contributed by atoms with Crippen molar-refractivity contribution in [3.05, 3.63) is 24.2 Å². The van der Waals surface area contributed by atoms with Crippen LogP contribution in [-0.2, 0) is 0 Å². The molecule has 0 aliphatic rings. The van der Waals surface area contributed by atoms with Gasteiger partial charge in [-0.1, -0.05) is 0 Å². The van der Waals surface area contributed by atoms with Crippen molar-refractivity contribution in [2.24, 2.45) is 0 Å². The van der Waals surface area contributed by atoms with Crippen LogP contribution >= 0.6 is 0 Å². The number of carbonyl (C=O) groups excluding carboxylic acids is 1. The number of rotatable bonds is 6. The van der Waals surface area contributed by atoms with Crippen molar-refractivity contribution in [3.8, 4) is 0 Å². The Bertz CT molecular complexity index is 348. The van der Waals surface area contributed by atoms with E-state index in [0.717, 1.165) is 0 Å². The van der Waals surface area contributed by atoms with Gasteiger partial charge in [-0.05, 0) is 12.1 Å². The van der Waals surface area contributed by atoms with Gasteiger partial charge in [-0.15, -0.1) is 0 Å². The summed E-state index contributed by atoms with van der Waals surface area (Å²) >= 11 is 0. The molecule has 0 unspecified atom stereocenters. The van der Waals surface area contributed by atoms with Crippen LogP contribution in [0.5, 0.6) is 0 Å². The van der Waals surface area contributed by atoms with Gasteiger partial charge in [0.1, 0.15) is 24.4 Å². The number of Topliss-reactive ketones (excluding diaryl/α,β-unsaturated/α-hetero) is 1. The SMILES string of the molecule is O=C(c1ccco1)[C@H](O)[C@@H](O)[C@H](O)[C@H](O)CO. The summed E-state index contributed by atoms with van der Waals surface area (Å²) in [6.07, 6.45) is -6.14. The van der Waals surface area contributed by atoms with E-state index in [9.17, 15) is 20.1 Å². The zero-order chi connectivity index (χ0) is 13.0. The van der Waals surface area contributed by atoms with E-state index in [2.05, 4.69) is 0 Å². The molecule has 96 valence electrons. The van der Waals surface area contributed by atoms with E-state index in [-0.39, 0.29) is 5.76 Å². The molecule has 7 nitrogen and oxygen atoms in total. The van der Waals surface area contributed by atoms with Crippen LogP contribution in [-0.4, -0.2) is 62.3 Å². The van der Waals surface area contributed by atoms with Gasteiger partial charge in [-0.2, -0.15) is 0 Å². The van der Waals surface area contributed by atoms with Crippen LogP contribution in [0.3, 0.4) is 0 Å². The van der Waals surface area contributed by atoms with E-state index in [0.29, 0.717) is 0 Å².